The van der Waals surface area contributed by atoms with Crippen LogP contribution in [0.25, 0.3) is 0 Å². The number of hydrogen-bond acceptors (Lipinski definition) is 4. The molecule has 0 bridgehead atoms. The summed E-state index contributed by atoms with van der Waals surface area (Å²) in [6.07, 6.45) is 0.437. The van der Waals surface area contributed by atoms with Crippen LogP contribution in [0.3, 0.4) is 0 Å². The van der Waals surface area contributed by atoms with Gasteiger partial charge in [-0.25, -0.2) is 4.79 Å². The molecule has 0 heterocycles. The predicted molar refractivity (Wildman–Crippen MR) is 85.4 cm³/mol. The lowest BCUT2D eigenvalue weighted by atomic mass is 10.1. The van der Waals surface area contributed by atoms with E-state index in [0.717, 1.165) is 5.75 Å². The van der Waals surface area contributed by atoms with Crippen LogP contribution in [0.15, 0.2) is 24.3 Å². The summed E-state index contributed by atoms with van der Waals surface area (Å²) in [5.41, 5.74) is 0.752. The normalized spacial score (nSPS) is 11.4. The molecule has 0 saturated carbocycles. The average molecular weight is 310 g/mol. The molecule has 0 fully saturated rings. The van der Waals surface area contributed by atoms with Crippen LogP contribution in [0, 0.1) is 0 Å². The molecule has 0 aliphatic carbocycles. The number of ether oxygens (including phenoxy) is 1. The highest BCUT2D eigenvalue weighted by atomic mass is 32.2. The van der Waals surface area contributed by atoms with Crippen molar-refractivity contribution >= 4 is 23.5 Å². The standard InChI is InChI=1S/C16H22O4S/c1-4-20-11-16(2,3)21-10-9-14(17)12-5-7-13(8-6-12)15(18)19/h5-8H,4,9-11H2,1-3H3,(H,18,19). The zero-order chi connectivity index (χ0) is 15.9. The van der Waals surface area contributed by atoms with Gasteiger partial charge in [-0.2, -0.15) is 11.8 Å². The maximum Gasteiger partial charge on any atom is 0.335 e. The van der Waals surface area contributed by atoms with Crippen molar-refractivity contribution in [3.05, 3.63) is 35.4 Å². The van der Waals surface area contributed by atoms with Crippen molar-refractivity contribution in [2.45, 2.75) is 31.9 Å². The fourth-order valence-electron chi connectivity index (χ4n) is 1.75. The summed E-state index contributed by atoms with van der Waals surface area (Å²) in [7, 11) is 0. The van der Waals surface area contributed by atoms with Gasteiger partial charge in [-0.15, -0.1) is 0 Å². The molecule has 116 valence electrons. The second-order valence-electron chi connectivity index (χ2n) is 5.30. The second kappa shape index (κ2) is 8.20. The van der Waals surface area contributed by atoms with Crippen LogP contribution in [0.4, 0.5) is 0 Å². The monoisotopic (exact) mass is 310 g/mol. The maximum absolute atomic E-state index is 12.0. The number of benzene rings is 1. The molecule has 0 amide bonds. The van der Waals surface area contributed by atoms with Crippen LogP contribution >= 0.6 is 11.8 Å². The third-order valence-corrected chi connectivity index (χ3v) is 4.24. The minimum Gasteiger partial charge on any atom is -0.478 e. The molecule has 0 atom stereocenters. The molecular weight excluding hydrogens is 288 g/mol. The number of Topliss-reactive ketones (excluding diaryl/α,β-unsaturated/α-hetero) is 1. The maximum atomic E-state index is 12.0. The van der Waals surface area contributed by atoms with Gasteiger partial charge < -0.3 is 9.84 Å². The summed E-state index contributed by atoms with van der Waals surface area (Å²) in [5, 5.41) is 8.82. The number of carboxylic acid groups (broad SMARTS) is 1. The lowest BCUT2D eigenvalue weighted by Crippen LogP contribution is -2.23. The molecule has 0 spiro atoms. The molecular formula is C16H22O4S. The molecule has 0 saturated heterocycles. The molecule has 0 aliphatic heterocycles. The zero-order valence-electron chi connectivity index (χ0n) is 12.7. The summed E-state index contributed by atoms with van der Waals surface area (Å²) in [5.74, 6) is -0.228. The van der Waals surface area contributed by atoms with Gasteiger partial charge in [0.1, 0.15) is 0 Å². The molecule has 0 aromatic heterocycles. The van der Waals surface area contributed by atoms with E-state index in [4.69, 9.17) is 9.84 Å². The number of rotatable bonds is 9. The Morgan fingerprint density at radius 3 is 2.29 bits per heavy atom. The Balaban J connectivity index is 2.45. The van der Waals surface area contributed by atoms with E-state index >= 15 is 0 Å². The summed E-state index contributed by atoms with van der Waals surface area (Å²) in [4.78, 5) is 22.8. The number of ketones is 1. The van der Waals surface area contributed by atoms with Gasteiger partial charge in [-0.05, 0) is 32.9 Å². The second-order valence-corrected chi connectivity index (χ2v) is 7.10. The zero-order valence-corrected chi connectivity index (χ0v) is 13.5. The highest BCUT2D eigenvalue weighted by Crippen LogP contribution is 2.25. The Labute approximate surface area is 129 Å². The number of aromatic carboxylic acids is 1. The molecule has 4 nitrogen and oxygen atoms in total. The van der Waals surface area contributed by atoms with Gasteiger partial charge in [0.25, 0.3) is 0 Å². The highest BCUT2D eigenvalue weighted by Gasteiger charge is 2.19. The van der Waals surface area contributed by atoms with Gasteiger partial charge in [0.15, 0.2) is 5.78 Å². The van der Waals surface area contributed by atoms with Crippen molar-refractivity contribution in [1.82, 2.24) is 0 Å². The lowest BCUT2D eigenvalue weighted by Gasteiger charge is -2.23. The van der Waals surface area contributed by atoms with E-state index in [1.807, 2.05) is 6.92 Å². The summed E-state index contributed by atoms with van der Waals surface area (Å²) < 4.78 is 5.40. The fourth-order valence-corrected chi connectivity index (χ4v) is 2.76. The van der Waals surface area contributed by atoms with Crippen LogP contribution in [-0.4, -0.2) is 40.6 Å². The van der Waals surface area contributed by atoms with E-state index in [1.165, 1.54) is 12.1 Å². The van der Waals surface area contributed by atoms with Crippen molar-refractivity contribution in [3.63, 3.8) is 0 Å². The minimum atomic E-state index is -0.984. The molecule has 0 radical (unpaired) electrons. The SMILES string of the molecule is CCOCC(C)(C)SCCC(=O)c1ccc(C(=O)O)cc1. The quantitative estimate of drug-likeness (QED) is 0.707. The Morgan fingerprint density at radius 2 is 1.76 bits per heavy atom. The van der Waals surface area contributed by atoms with E-state index in [-0.39, 0.29) is 16.1 Å². The largest absolute Gasteiger partial charge is 0.478 e. The molecule has 0 aliphatic rings. The van der Waals surface area contributed by atoms with Crippen LogP contribution in [-0.2, 0) is 4.74 Å². The third kappa shape index (κ3) is 6.31. The van der Waals surface area contributed by atoms with Gasteiger partial charge in [0, 0.05) is 29.1 Å². The van der Waals surface area contributed by atoms with E-state index < -0.39 is 5.97 Å². The molecule has 0 unspecified atom stereocenters. The first-order valence-electron chi connectivity index (χ1n) is 6.94. The Hall–Kier alpha value is -1.33. The fraction of sp³-hybridized carbons (Fsp3) is 0.500. The summed E-state index contributed by atoms with van der Waals surface area (Å²) in [6, 6.07) is 6.06. The van der Waals surface area contributed by atoms with Gasteiger partial charge in [-0.1, -0.05) is 12.1 Å². The highest BCUT2D eigenvalue weighted by molar-refractivity contribution is 8.00. The van der Waals surface area contributed by atoms with Crippen LogP contribution in [0.1, 0.15) is 47.9 Å². The average Bonchev–Trinajstić information content (AvgIpc) is 2.45. The smallest absolute Gasteiger partial charge is 0.335 e. The topological polar surface area (TPSA) is 63.6 Å². The molecule has 1 aromatic carbocycles. The van der Waals surface area contributed by atoms with Crippen LogP contribution in [0.5, 0.6) is 0 Å². The van der Waals surface area contributed by atoms with E-state index in [0.29, 0.717) is 25.2 Å². The van der Waals surface area contributed by atoms with Gasteiger partial charge in [0.05, 0.1) is 12.2 Å². The minimum absolute atomic E-state index is 0.0105. The third-order valence-electron chi connectivity index (χ3n) is 2.93. The van der Waals surface area contributed by atoms with Crippen molar-refractivity contribution < 1.29 is 19.4 Å². The molecule has 5 heteroatoms. The summed E-state index contributed by atoms with van der Waals surface area (Å²) >= 11 is 1.71. The van der Waals surface area contributed by atoms with Crippen molar-refractivity contribution in [2.75, 3.05) is 19.0 Å². The first-order valence-corrected chi connectivity index (χ1v) is 7.92. The Kier molecular flexibility index (Phi) is 6.92. The lowest BCUT2D eigenvalue weighted by molar-refractivity contribution is 0.0696. The number of hydrogen-bond donors (Lipinski definition) is 1. The van der Waals surface area contributed by atoms with Gasteiger partial charge in [-0.3, -0.25) is 4.79 Å². The van der Waals surface area contributed by atoms with Gasteiger partial charge in [0.2, 0.25) is 0 Å². The van der Waals surface area contributed by atoms with E-state index in [2.05, 4.69) is 13.8 Å². The van der Waals surface area contributed by atoms with E-state index in [9.17, 15) is 9.59 Å². The summed E-state index contributed by atoms with van der Waals surface area (Å²) in [6.45, 7) is 7.51. The molecule has 1 N–H and O–H groups in total. The van der Waals surface area contributed by atoms with Gasteiger partial charge >= 0.3 is 5.97 Å². The van der Waals surface area contributed by atoms with Crippen LogP contribution < -0.4 is 0 Å². The van der Waals surface area contributed by atoms with E-state index in [1.54, 1.807) is 23.9 Å². The number of thioether (sulfide) groups is 1. The number of carbonyl (C=O) groups is 2. The molecule has 1 rings (SSSR count). The number of carboxylic acids is 1. The van der Waals surface area contributed by atoms with Crippen molar-refractivity contribution in [2.24, 2.45) is 0 Å². The predicted octanol–water partition coefficient (Wildman–Crippen LogP) is 3.51. The Morgan fingerprint density at radius 1 is 1.19 bits per heavy atom. The molecule has 1 aromatic rings. The molecule has 21 heavy (non-hydrogen) atoms. The Bertz CT molecular complexity index is 480. The number of carbonyl (C=O) groups excluding carboxylic acids is 1. The van der Waals surface area contributed by atoms with Crippen LogP contribution in [0.2, 0.25) is 0 Å². The first-order chi connectivity index (χ1) is 9.85. The first kappa shape index (κ1) is 17.7. The van der Waals surface area contributed by atoms with Crippen molar-refractivity contribution in [3.8, 4) is 0 Å². The van der Waals surface area contributed by atoms with Crippen molar-refractivity contribution in [1.29, 1.82) is 0 Å².